The SMILES string of the molecule is Cc1ccc(C(=O)Nc2ccc(N3CCCC3)c(C(=O)NCC3CCCO3)c2)cc1. The zero-order valence-corrected chi connectivity index (χ0v) is 17.4. The van der Waals surface area contributed by atoms with Crippen LogP contribution in [0, 0.1) is 6.92 Å². The normalized spacial score (nSPS) is 18.4. The van der Waals surface area contributed by atoms with Gasteiger partial charge < -0.3 is 20.3 Å². The molecule has 0 saturated carbocycles. The number of aryl methyl sites for hydroxylation is 1. The lowest BCUT2D eigenvalue weighted by molar-refractivity contribution is 0.0858. The van der Waals surface area contributed by atoms with Crippen LogP contribution < -0.4 is 15.5 Å². The van der Waals surface area contributed by atoms with Gasteiger partial charge in [-0.1, -0.05) is 17.7 Å². The Bertz CT molecular complexity index is 898. The highest BCUT2D eigenvalue weighted by Gasteiger charge is 2.22. The number of amides is 2. The zero-order chi connectivity index (χ0) is 20.9. The van der Waals surface area contributed by atoms with Gasteiger partial charge in [0, 0.05) is 43.2 Å². The maximum atomic E-state index is 13.0. The lowest BCUT2D eigenvalue weighted by Gasteiger charge is -2.22. The standard InChI is InChI=1S/C24H29N3O3/c1-17-6-8-18(9-7-17)23(28)26-19-10-11-22(27-12-2-3-13-27)21(15-19)24(29)25-16-20-5-4-14-30-20/h6-11,15,20H,2-5,12-14,16H2,1H3,(H,25,29)(H,26,28). The summed E-state index contributed by atoms with van der Waals surface area (Å²) in [5.41, 5.74) is 3.83. The summed E-state index contributed by atoms with van der Waals surface area (Å²) in [5, 5.41) is 5.95. The second-order valence-electron chi connectivity index (χ2n) is 8.09. The maximum absolute atomic E-state index is 13.0. The summed E-state index contributed by atoms with van der Waals surface area (Å²) in [4.78, 5) is 27.9. The molecule has 0 aromatic heterocycles. The van der Waals surface area contributed by atoms with Gasteiger partial charge >= 0.3 is 0 Å². The Labute approximate surface area is 177 Å². The van der Waals surface area contributed by atoms with E-state index in [0.29, 0.717) is 23.4 Å². The fraction of sp³-hybridized carbons (Fsp3) is 0.417. The quantitative estimate of drug-likeness (QED) is 0.765. The lowest BCUT2D eigenvalue weighted by Crippen LogP contribution is -2.33. The maximum Gasteiger partial charge on any atom is 0.255 e. The highest BCUT2D eigenvalue weighted by atomic mass is 16.5. The number of hydrogen-bond donors (Lipinski definition) is 2. The minimum atomic E-state index is -0.186. The van der Waals surface area contributed by atoms with Gasteiger partial charge in [-0.3, -0.25) is 9.59 Å². The first-order chi connectivity index (χ1) is 14.6. The molecule has 2 N–H and O–H groups in total. The van der Waals surface area contributed by atoms with Crippen LogP contribution in [0.4, 0.5) is 11.4 Å². The second kappa shape index (κ2) is 9.30. The van der Waals surface area contributed by atoms with Crippen molar-refractivity contribution in [2.24, 2.45) is 0 Å². The Morgan fingerprint density at radius 3 is 2.50 bits per heavy atom. The summed E-state index contributed by atoms with van der Waals surface area (Å²) in [6.45, 7) is 5.15. The fourth-order valence-corrected chi connectivity index (χ4v) is 4.04. The van der Waals surface area contributed by atoms with Gasteiger partial charge in [-0.2, -0.15) is 0 Å². The van der Waals surface area contributed by atoms with Crippen molar-refractivity contribution in [2.75, 3.05) is 36.5 Å². The van der Waals surface area contributed by atoms with Gasteiger partial charge in [0.05, 0.1) is 11.7 Å². The molecule has 2 saturated heterocycles. The van der Waals surface area contributed by atoms with Crippen molar-refractivity contribution >= 4 is 23.2 Å². The van der Waals surface area contributed by atoms with Crippen LogP contribution in [0.5, 0.6) is 0 Å². The van der Waals surface area contributed by atoms with E-state index in [4.69, 9.17) is 4.74 Å². The van der Waals surface area contributed by atoms with E-state index in [1.54, 1.807) is 18.2 Å². The Kier molecular flexibility index (Phi) is 6.33. The monoisotopic (exact) mass is 407 g/mol. The number of nitrogens with one attached hydrogen (secondary N) is 2. The molecule has 6 nitrogen and oxygen atoms in total. The number of carbonyl (C=O) groups excluding carboxylic acids is 2. The van der Waals surface area contributed by atoms with Gasteiger partial charge in [-0.15, -0.1) is 0 Å². The van der Waals surface area contributed by atoms with Crippen LogP contribution in [0.15, 0.2) is 42.5 Å². The van der Waals surface area contributed by atoms with Crippen LogP contribution in [-0.4, -0.2) is 44.2 Å². The van der Waals surface area contributed by atoms with Crippen molar-refractivity contribution in [3.63, 3.8) is 0 Å². The van der Waals surface area contributed by atoms with Gasteiger partial charge in [0.1, 0.15) is 0 Å². The molecule has 158 valence electrons. The molecule has 6 heteroatoms. The topological polar surface area (TPSA) is 70.7 Å². The number of carbonyl (C=O) groups is 2. The number of rotatable bonds is 6. The molecule has 2 aliphatic rings. The predicted molar refractivity (Wildman–Crippen MR) is 118 cm³/mol. The van der Waals surface area contributed by atoms with Gasteiger partial charge in [-0.25, -0.2) is 0 Å². The molecule has 0 radical (unpaired) electrons. The molecule has 2 aromatic carbocycles. The van der Waals surface area contributed by atoms with E-state index in [1.165, 1.54) is 0 Å². The summed E-state index contributed by atoms with van der Waals surface area (Å²) in [6, 6.07) is 13.0. The van der Waals surface area contributed by atoms with Gasteiger partial charge in [-0.05, 0) is 62.9 Å². The molecule has 4 rings (SSSR count). The van der Waals surface area contributed by atoms with E-state index in [9.17, 15) is 9.59 Å². The first kappa shape index (κ1) is 20.4. The molecule has 1 atom stereocenters. The van der Waals surface area contributed by atoms with Gasteiger partial charge in [0.25, 0.3) is 11.8 Å². The van der Waals surface area contributed by atoms with Crippen molar-refractivity contribution in [1.29, 1.82) is 0 Å². The lowest BCUT2D eigenvalue weighted by atomic mass is 10.1. The van der Waals surface area contributed by atoms with Crippen molar-refractivity contribution in [1.82, 2.24) is 5.32 Å². The van der Waals surface area contributed by atoms with Crippen LogP contribution in [0.2, 0.25) is 0 Å². The number of nitrogens with zero attached hydrogens (tertiary/aromatic N) is 1. The third-order valence-electron chi connectivity index (χ3n) is 5.77. The Morgan fingerprint density at radius 2 is 1.80 bits per heavy atom. The fourth-order valence-electron chi connectivity index (χ4n) is 4.04. The summed E-state index contributed by atoms with van der Waals surface area (Å²) < 4.78 is 5.62. The smallest absolute Gasteiger partial charge is 0.255 e. The first-order valence-electron chi connectivity index (χ1n) is 10.8. The largest absolute Gasteiger partial charge is 0.376 e. The molecule has 0 aliphatic carbocycles. The highest BCUT2D eigenvalue weighted by molar-refractivity contribution is 6.06. The minimum absolute atomic E-state index is 0.0913. The van der Waals surface area contributed by atoms with Crippen LogP contribution >= 0.6 is 0 Å². The summed E-state index contributed by atoms with van der Waals surface area (Å²) >= 11 is 0. The third kappa shape index (κ3) is 4.82. The average molecular weight is 408 g/mol. The number of ether oxygens (including phenoxy) is 1. The van der Waals surface area contributed by atoms with Crippen molar-refractivity contribution < 1.29 is 14.3 Å². The third-order valence-corrected chi connectivity index (χ3v) is 5.77. The highest BCUT2D eigenvalue weighted by Crippen LogP contribution is 2.28. The molecule has 2 fully saturated rings. The molecule has 1 unspecified atom stereocenters. The van der Waals surface area contributed by atoms with Crippen LogP contribution in [0.25, 0.3) is 0 Å². The molecule has 2 aromatic rings. The summed E-state index contributed by atoms with van der Waals surface area (Å²) in [7, 11) is 0. The number of hydrogen-bond acceptors (Lipinski definition) is 4. The summed E-state index contributed by atoms with van der Waals surface area (Å²) in [6.07, 6.45) is 4.37. The van der Waals surface area contributed by atoms with E-state index >= 15 is 0 Å². The van der Waals surface area contributed by atoms with Crippen molar-refractivity contribution in [3.8, 4) is 0 Å². The summed E-state index contributed by atoms with van der Waals surface area (Å²) in [5.74, 6) is -0.312. The van der Waals surface area contributed by atoms with Crippen LogP contribution in [-0.2, 0) is 4.74 Å². The molecule has 2 heterocycles. The molecule has 30 heavy (non-hydrogen) atoms. The van der Waals surface area contributed by atoms with E-state index in [0.717, 1.165) is 56.6 Å². The minimum Gasteiger partial charge on any atom is -0.376 e. The van der Waals surface area contributed by atoms with Gasteiger partial charge in [0.2, 0.25) is 0 Å². The zero-order valence-electron chi connectivity index (χ0n) is 17.4. The molecular formula is C24H29N3O3. The number of anilines is 2. The van der Waals surface area contributed by atoms with E-state index in [1.807, 2.05) is 31.2 Å². The first-order valence-corrected chi connectivity index (χ1v) is 10.8. The van der Waals surface area contributed by atoms with Crippen molar-refractivity contribution in [3.05, 3.63) is 59.2 Å². The predicted octanol–water partition coefficient (Wildman–Crippen LogP) is 3.76. The van der Waals surface area contributed by atoms with E-state index in [-0.39, 0.29) is 17.9 Å². The molecular weight excluding hydrogens is 378 g/mol. The van der Waals surface area contributed by atoms with Gasteiger partial charge in [0.15, 0.2) is 0 Å². The van der Waals surface area contributed by atoms with E-state index < -0.39 is 0 Å². The molecule has 0 spiro atoms. The average Bonchev–Trinajstić information content (AvgIpc) is 3.46. The van der Waals surface area contributed by atoms with E-state index in [2.05, 4.69) is 15.5 Å². The molecule has 0 bridgehead atoms. The Morgan fingerprint density at radius 1 is 1.03 bits per heavy atom. The van der Waals surface area contributed by atoms with Crippen molar-refractivity contribution in [2.45, 2.75) is 38.7 Å². The molecule has 2 aliphatic heterocycles. The molecule has 2 amide bonds. The Hall–Kier alpha value is -2.86. The second-order valence-corrected chi connectivity index (χ2v) is 8.09. The Balaban J connectivity index is 1.52. The van der Waals surface area contributed by atoms with Crippen LogP contribution in [0.1, 0.15) is 52.0 Å². The number of benzene rings is 2. The van der Waals surface area contributed by atoms with Crippen LogP contribution in [0.3, 0.4) is 0 Å².